The highest BCUT2D eigenvalue weighted by atomic mass is 16.5. The average Bonchev–Trinajstić information content (AvgIpc) is 3.02. The second kappa shape index (κ2) is 6.98. The zero-order valence-electron chi connectivity index (χ0n) is 12.6. The predicted molar refractivity (Wildman–Crippen MR) is 88.5 cm³/mol. The van der Waals surface area contributed by atoms with Crippen LogP contribution in [0.25, 0.3) is 10.9 Å². The molecule has 0 aliphatic heterocycles. The number of fused-ring (bicyclic) bond motifs is 1. The Hall–Kier alpha value is -2.79. The van der Waals surface area contributed by atoms with E-state index in [1.54, 1.807) is 0 Å². The summed E-state index contributed by atoms with van der Waals surface area (Å²) in [6, 6.07) is 17.0. The highest BCUT2D eigenvalue weighted by molar-refractivity contribution is 5.97. The van der Waals surface area contributed by atoms with Gasteiger partial charge in [-0.2, -0.15) is 0 Å². The van der Waals surface area contributed by atoms with Crippen molar-refractivity contribution in [1.29, 1.82) is 0 Å². The van der Waals surface area contributed by atoms with Gasteiger partial charge >= 0.3 is 0 Å². The van der Waals surface area contributed by atoms with E-state index in [-0.39, 0.29) is 19.1 Å². The number of carbonyl (C=O) groups excluding carboxylic acids is 1. The molecule has 2 aromatic carbocycles. The van der Waals surface area contributed by atoms with E-state index >= 15 is 0 Å². The second-order valence-electron chi connectivity index (χ2n) is 5.13. The van der Waals surface area contributed by atoms with Crippen LogP contribution < -0.4 is 10.1 Å². The predicted octanol–water partition coefficient (Wildman–Crippen LogP) is 2.47. The van der Waals surface area contributed by atoms with Gasteiger partial charge in [0.25, 0.3) is 5.91 Å². The molecule has 5 nitrogen and oxygen atoms in total. The van der Waals surface area contributed by atoms with Crippen LogP contribution in [0.5, 0.6) is 5.75 Å². The molecule has 1 amide bonds. The standard InChI is InChI=1S/C18H18N2O3/c21-9-10-23-17-8-4-2-6-14(17)12-19-18(22)16-11-13-5-1-3-7-15(13)20-16/h1-8,11,20-21H,9-10,12H2,(H,19,22). The maximum Gasteiger partial charge on any atom is 0.267 e. The van der Waals surface area contributed by atoms with Gasteiger partial charge in [-0.05, 0) is 18.2 Å². The number of ether oxygens (including phenoxy) is 1. The molecular formula is C18H18N2O3. The van der Waals surface area contributed by atoms with E-state index in [9.17, 15) is 4.79 Å². The molecule has 0 atom stereocenters. The molecule has 0 unspecified atom stereocenters. The summed E-state index contributed by atoms with van der Waals surface area (Å²) >= 11 is 0. The fourth-order valence-corrected chi connectivity index (χ4v) is 2.41. The van der Waals surface area contributed by atoms with E-state index in [4.69, 9.17) is 9.84 Å². The Kier molecular flexibility index (Phi) is 4.59. The van der Waals surface area contributed by atoms with Crippen LogP contribution in [0.3, 0.4) is 0 Å². The molecule has 3 aromatic rings. The largest absolute Gasteiger partial charge is 0.491 e. The minimum atomic E-state index is -0.168. The lowest BCUT2D eigenvalue weighted by Gasteiger charge is -2.11. The van der Waals surface area contributed by atoms with E-state index in [2.05, 4.69) is 10.3 Å². The summed E-state index contributed by atoms with van der Waals surface area (Å²) in [6.07, 6.45) is 0. The Balaban J connectivity index is 1.69. The van der Waals surface area contributed by atoms with Gasteiger partial charge in [0.1, 0.15) is 18.1 Å². The van der Waals surface area contributed by atoms with Gasteiger partial charge in [0.2, 0.25) is 0 Å². The Morgan fingerprint density at radius 1 is 1.13 bits per heavy atom. The summed E-state index contributed by atoms with van der Waals surface area (Å²) in [7, 11) is 0. The number of amides is 1. The second-order valence-corrected chi connectivity index (χ2v) is 5.13. The Labute approximate surface area is 133 Å². The summed E-state index contributed by atoms with van der Waals surface area (Å²) < 4.78 is 5.46. The van der Waals surface area contributed by atoms with Crippen molar-refractivity contribution in [3.63, 3.8) is 0 Å². The number of carbonyl (C=O) groups is 1. The number of aromatic nitrogens is 1. The Morgan fingerprint density at radius 3 is 2.74 bits per heavy atom. The number of hydrogen-bond acceptors (Lipinski definition) is 3. The molecular weight excluding hydrogens is 292 g/mol. The smallest absolute Gasteiger partial charge is 0.267 e. The molecule has 0 spiro atoms. The van der Waals surface area contributed by atoms with Crippen LogP contribution >= 0.6 is 0 Å². The summed E-state index contributed by atoms with van der Waals surface area (Å²) in [5, 5.41) is 12.7. The Morgan fingerprint density at radius 2 is 1.91 bits per heavy atom. The van der Waals surface area contributed by atoms with Gasteiger partial charge < -0.3 is 20.1 Å². The van der Waals surface area contributed by atoms with E-state index in [1.807, 2.05) is 54.6 Å². The van der Waals surface area contributed by atoms with Gasteiger partial charge in [-0.25, -0.2) is 0 Å². The molecule has 5 heteroatoms. The van der Waals surface area contributed by atoms with Crippen LogP contribution in [0.1, 0.15) is 16.1 Å². The summed E-state index contributed by atoms with van der Waals surface area (Å²) in [6.45, 7) is 0.540. The van der Waals surface area contributed by atoms with Crippen molar-refractivity contribution in [2.75, 3.05) is 13.2 Å². The normalized spacial score (nSPS) is 10.7. The first kappa shape index (κ1) is 15.1. The highest BCUT2D eigenvalue weighted by Gasteiger charge is 2.10. The number of aromatic amines is 1. The van der Waals surface area contributed by atoms with E-state index in [0.717, 1.165) is 16.5 Å². The van der Waals surface area contributed by atoms with Crippen LogP contribution in [0.15, 0.2) is 54.6 Å². The minimum absolute atomic E-state index is 0.0459. The van der Waals surface area contributed by atoms with Crippen molar-refractivity contribution >= 4 is 16.8 Å². The number of H-pyrrole nitrogens is 1. The molecule has 118 valence electrons. The molecule has 0 saturated carbocycles. The average molecular weight is 310 g/mol. The molecule has 3 rings (SSSR count). The van der Waals surface area contributed by atoms with Crippen LogP contribution in [-0.4, -0.2) is 29.2 Å². The third-order valence-corrected chi connectivity index (χ3v) is 3.54. The fraction of sp³-hybridized carbons (Fsp3) is 0.167. The van der Waals surface area contributed by atoms with Crippen molar-refractivity contribution < 1.29 is 14.6 Å². The molecule has 0 saturated heterocycles. The maximum absolute atomic E-state index is 12.3. The Bertz CT molecular complexity index is 778. The molecule has 0 aliphatic carbocycles. The quantitative estimate of drug-likeness (QED) is 0.655. The van der Waals surface area contributed by atoms with E-state index in [0.29, 0.717) is 18.0 Å². The molecule has 0 bridgehead atoms. The van der Waals surface area contributed by atoms with Crippen LogP contribution in [-0.2, 0) is 6.54 Å². The van der Waals surface area contributed by atoms with Gasteiger partial charge in [0.05, 0.1) is 6.61 Å². The number of benzene rings is 2. The molecule has 0 fully saturated rings. The minimum Gasteiger partial charge on any atom is -0.491 e. The van der Waals surface area contributed by atoms with Crippen LogP contribution in [0.4, 0.5) is 0 Å². The first-order valence-electron chi connectivity index (χ1n) is 7.45. The van der Waals surface area contributed by atoms with E-state index in [1.165, 1.54) is 0 Å². The third-order valence-electron chi connectivity index (χ3n) is 3.54. The zero-order valence-corrected chi connectivity index (χ0v) is 12.6. The monoisotopic (exact) mass is 310 g/mol. The SMILES string of the molecule is O=C(NCc1ccccc1OCCO)c1cc2ccccc2[nH]1. The zero-order chi connectivity index (χ0) is 16.1. The van der Waals surface area contributed by atoms with Gasteiger partial charge in [-0.3, -0.25) is 4.79 Å². The molecule has 1 aromatic heterocycles. The van der Waals surface area contributed by atoms with Gasteiger partial charge in [-0.1, -0.05) is 36.4 Å². The molecule has 3 N–H and O–H groups in total. The van der Waals surface area contributed by atoms with Gasteiger partial charge in [-0.15, -0.1) is 0 Å². The van der Waals surface area contributed by atoms with Crippen molar-refractivity contribution in [1.82, 2.24) is 10.3 Å². The number of para-hydroxylation sites is 2. The van der Waals surface area contributed by atoms with Crippen LogP contribution in [0, 0.1) is 0 Å². The lowest BCUT2D eigenvalue weighted by atomic mass is 10.2. The lowest BCUT2D eigenvalue weighted by Crippen LogP contribution is -2.23. The van der Waals surface area contributed by atoms with Gasteiger partial charge in [0, 0.05) is 23.0 Å². The van der Waals surface area contributed by atoms with Crippen molar-refractivity contribution in [3.8, 4) is 5.75 Å². The number of hydrogen-bond donors (Lipinski definition) is 3. The number of aliphatic hydroxyl groups is 1. The fourth-order valence-electron chi connectivity index (χ4n) is 2.41. The summed E-state index contributed by atoms with van der Waals surface area (Å²) in [5.74, 6) is 0.497. The van der Waals surface area contributed by atoms with Crippen molar-refractivity contribution in [3.05, 3.63) is 65.9 Å². The molecule has 0 radical (unpaired) electrons. The van der Waals surface area contributed by atoms with Gasteiger partial charge in [0.15, 0.2) is 0 Å². The van der Waals surface area contributed by atoms with E-state index < -0.39 is 0 Å². The topological polar surface area (TPSA) is 74.3 Å². The number of rotatable bonds is 6. The third kappa shape index (κ3) is 3.52. The molecule has 1 heterocycles. The molecule has 0 aliphatic rings. The van der Waals surface area contributed by atoms with Crippen molar-refractivity contribution in [2.24, 2.45) is 0 Å². The highest BCUT2D eigenvalue weighted by Crippen LogP contribution is 2.18. The van der Waals surface area contributed by atoms with Crippen LogP contribution in [0.2, 0.25) is 0 Å². The maximum atomic E-state index is 12.3. The lowest BCUT2D eigenvalue weighted by molar-refractivity contribution is 0.0946. The van der Waals surface area contributed by atoms with Crippen molar-refractivity contribution in [2.45, 2.75) is 6.54 Å². The summed E-state index contributed by atoms with van der Waals surface area (Å²) in [5.41, 5.74) is 2.33. The number of aliphatic hydroxyl groups excluding tert-OH is 1. The number of nitrogens with one attached hydrogen (secondary N) is 2. The molecule has 23 heavy (non-hydrogen) atoms. The summed E-state index contributed by atoms with van der Waals surface area (Å²) in [4.78, 5) is 15.4. The first-order chi connectivity index (χ1) is 11.3. The first-order valence-corrected chi connectivity index (χ1v) is 7.45.